The summed E-state index contributed by atoms with van der Waals surface area (Å²) in [7, 11) is -8.90. The molecule has 0 spiro atoms. The molecule has 3 aromatic heterocycles. The van der Waals surface area contributed by atoms with E-state index in [4.69, 9.17) is 21.4 Å². The topological polar surface area (TPSA) is 236 Å². The van der Waals surface area contributed by atoms with E-state index in [9.17, 15) is 66.5 Å². The Bertz CT molecular complexity index is 3320. The number of hydrogen-bond donors (Lipinski definition) is 4. The van der Waals surface area contributed by atoms with Crippen LogP contribution < -0.4 is 5.32 Å². The molecule has 5 aromatic rings. The molecule has 0 bridgehead atoms. The zero-order valence-corrected chi connectivity index (χ0v) is 41.5. The second-order valence-electron chi connectivity index (χ2n) is 17.7. The Morgan fingerprint density at radius 1 is 1.04 bits per heavy atom. The fourth-order valence-corrected chi connectivity index (χ4v) is 9.72. The fraction of sp³-hybridized carbons (Fsp3) is 0.419. The van der Waals surface area contributed by atoms with Gasteiger partial charge in [0, 0.05) is 46.7 Å². The van der Waals surface area contributed by atoms with E-state index in [-0.39, 0.29) is 48.2 Å². The Hall–Kier alpha value is -5.47. The molecule has 4 atom stereocenters. The van der Waals surface area contributed by atoms with Gasteiger partial charge in [0.2, 0.25) is 11.8 Å². The monoisotopic (exact) mass is 1130 g/mol. The molecular formula is C43H39ClF10N7O10PS2. The minimum absolute atomic E-state index is 0.186. The molecule has 2 unspecified atom stereocenters. The molecule has 2 amide bonds. The van der Waals surface area contributed by atoms with Gasteiger partial charge in [-0.25, -0.2) is 35.3 Å². The summed E-state index contributed by atoms with van der Waals surface area (Å²) in [6, 6.07) is 4.87. The van der Waals surface area contributed by atoms with Crippen molar-refractivity contribution < 1.29 is 89.5 Å². The van der Waals surface area contributed by atoms with Crippen LogP contribution in [0.4, 0.5) is 43.9 Å². The lowest BCUT2D eigenvalue weighted by Crippen LogP contribution is -2.35. The highest BCUT2D eigenvalue weighted by Crippen LogP contribution is 2.68. The van der Waals surface area contributed by atoms with Crippen molar-refractivity contribution >= 4 is 63.2 Å². The molecule has 400 valence electrons. The first-order valence-corrected chi connectivity index (χ1v) is 26.3. The molecule has 0 saturated heterocycles. The first-order chi connectivity index (χ1) is 34.1. The lowest BCUT2D eigenvalue weighted by Gasteiger charge is -2.23. The number of amides is 2. The van der Waals surface area contributed by atoms with Crippen molar-refractivity contribution in [3.63, 3.8) is 0 Å². The van der Waals surface area contributed by atoms with E-state index in [1.165, 1.54) is 19.9 Å². The normalized spacial score (nSPS) is 17.3. The lowest BCUT2D eigenvalue weighted by molar-refractivity contribution is -0.143. The number of carbonyl (C=O) groups excluding carboxylic acids is 2. The summed E-state index contributed by atoms with van der Waals surface area (Å²) in [6.07, 6.45) is -11.5. The van der Waals surface area contributed by atoms with Crippen molar-refractivity contribution in [3.05, 3.63) is 98.7 Å². The van der Waals surface area contributed by atoms with Gasteiger partial charge in [-0.3, -0.25) is 28.0 Å². The third-order valence-corrected chi connectivity index (χ3v) is 15.5. The molecule has 31 heteroatoms. The van der Waals surface area contributed by atoms with Crippen molar-refractivity contribution in [2.45, 2.75) is 94.1 Å². The smallest absolute Gasteiger partial charge is 0.346 e. The van der Waals surface area contributed by atoms with Crippen molar-refractivity contribution in [1.29, 1.82) is 0 Å². The van der Waals surface area contributed by atoms with Gasteiger partial charge in [0.1, 0.15) is 40.9 Å². The number of alkyl halides is 8. The SMILES string of the molecule is CC(C)(C#Cc1ccc(-c2ccc(Cl)c3c(CN(C(=O)CCCOP(=O)(O)O)S(=O)O)nn(CC(F)(F)F)c23)c(C(Cc2cc(F)cc(F)c2)NC(=O)Cn2nc(C(F)(F)F)c3c2C(F)(F)[C@@H]2C[C@H]32)n1)S(C)(=O)=O. The number of hydrogen-bond acceptors (Lipinski definition) is 10. The van der Waals surface area contributed by atoms with E-state index in [0.29, 0.717) is 10.7 Å². The van der Waals surface area contributed by atoms with E-state index >= 15 is 8.78 Å². The highest BCUT2D eigenvalue weighted by molar-refractivity contribution is 7.92. The second kappa shape index (κ2) is 20.2. The third-order valence-electron chi connectivity index (χ3n) is 12.0. The number of sulfone groups is 1. The van der Waals surface area contributed by atoms with Crippen LogP contribution in [0.3, 0.4) is 0 Å². The van der Waals surface area contributed by atoms with Crippen molar-refractivity contribution in [1.82, 2.24) is 34.2 Å². The van der Waals surface area contributed by atoms with Gasteiger partial charge in [-0.2, -0.15) is 45.3 Å². The largest absolute Gasteiger partial charge is 0.469 e. The summed E-state index contributed by atoms with van der Waals surface area (Å²) < 4.78 is 209. The van der Waals surface area contributed by atoms with Crippen LogP contribution >= 0.6 is 19.4 Å². The van der Waals surface area contributed by atoms with Crippen LogP contribution in [0.2, 0.25) is 5.02 Å². The van der Waals surface area contributed by atoms with Crippen LogP contribution in [0.15, 0.2) is 42.5 Å². The number of nitrogens with zero attached hydrogens (tertiary/aromatic N) is 6. The average molecular weight is 1130 g/mol. The number of rotatable bonds is 17. The number of aromatic nitrogens is 5. The minimum Gasteiger partial charge on any atom is -0.346 e. The van der Waals surface area contributed by atoms with E-state index < -0.39 is 173 Å². The molecule has 1 saturated carbocycles. The van der Waals surface area contributed by atoms with Crippen LogP contribution in [-0.2, 0) is 77.9 Å². The van der Waals surface area contributed by atoms with Crippen molar-refractivity contribution in [3.8, 4) is 23.0 Å². The standard InChI is InChI=1S/C43H39ClF10N7O10PS2/c1-40(2,74(3,69)70)11-10-24-6-7-25(26-8-9-29(44)35-31(57-60(37(26)35)20-41(47,48)49)18-61(73(67)68)33(63)5-4-12-71-72(64,65)66)36(55-24)30(15-21-13-22(45)16-23(46)14-21)56-32(62)19-59-39-34(38(58-59)43(52,53)54)27-17-28(27)42(39,50)51/h6-9,13-14,16,27-28,30H,4-5,12,15,17-20H2,1-3H3,(H,56,62)(H,67,68)(H2,64,65,66)/t27-,28+,30?/m0/s1. The third kappa shape index (κ3) is 12.3. The molecule has 0 aliphatic heterocycles. The molecule has 0 radical (unpaired) electrons. The quantitative estimate of drug-likeness (QED) is 0.0231. The van der Waals surface area contributed by atoms with Crippen LogP contribution in [0.5, 0.6) is 0 Å². The van der Waals surface area contributed by atoms with Crippen LogP contribution in [0.25, 0.3) is 22.0 Å². The van der Waals surface area contributed by atoms with Gasteiger partial charge in [-0.1, -0.05) is 23.6 Å². The van der Waals surface area contributed by atoms with E-state index in [0.717, 1.165) is 36.6 Å². The molecular weight excluding hydrogens is 1100 g/mol. The number of fused-ring (bicyclic) bond motifs is 4. The number of carbonyl (C=O) groups is 2. The molecule has 2 aromatic carbocycles. The number of benzene rings is 2. The van der Waals surface area contributed by atoms with Gasteiger partial charge in [0.25, 0.3) is 17.2 Å². The van der Waals surface area contributed by atoms with Crippen LogP contribution in [-0.4, -0.2) is 91.4 Å². The molecule has 2 aliphatic carbocycles. The number of phosphoric ester groups is 1. The lowest BCUT2D eigenvalue weighted by atomic mass is 9.93. The number of halogens is 11. The molecule has 2 aliphatic rings. The van der Waals surface area contributed by atoms with Gasteiger partial charge in [0.05, 0.1) is 41.1 Å². The Balaban J connectivity index is 1.42. The van der Waals surface area contributed by atoms with Crippen molar-refractivity contribution in [2.24, 2.45) is 5.92 Å². The molecule has 4 N–H and O–H groups in total. The van der Waals surface area contributed by atoms with Crippen LogP contribution in [0.1, 0.15) is 84.7 Å². The zero-order valence-electron chi connectivity index (χ0n) is 38.2. The Morgan fingerprint density at radius 2 is 1.69 bits per heavy atom. The first kappa shape index (κ1) is 56.3. The maximum atomic E-state index is 15.6. The second-order valence-corrected chi connectivity index (χ2v) is 22.8. The fourth-order valence-electron chi connectivity index (χ4n) is 8.36. The molecule has 7 rings (SSSR count). The summed E-state index contributed by atoms with van der Waals surface area (Å²) >= 11 is 3.40. The van der Waals surface area contributed by atoms with E-state index in [1.807, 2.05) is 0 Å². The number of phosphoric acid groups is 1. The summed E-state index contributed by atoms with van der Waals surface area (Å²) in [4.78, 5) is 49.8. The summed E-state index contributed by atoms with van der Waals surface area (Å²) in [5, 5.41) is 9.06. The Labute approximate surface area is 420 Å². The molecule has 1 fully saturated rings. The van der Waals surface area contributed by atoms with Gasteiger partial charge in [0.15, 0.2) is 15.5 Å². The van der Waals surface area contributed by atoms with E-state index in [1.54, 1.807) is 0 Å². The Morgan fingerprint density at radius 3 is 2.28 bits per heavy atom. The minimum atomic E-state index is -5.23. The zero-order chi connectivity index (χ0) is 54.8. The maximum Gasteiger partial charge on any atom is 0.469 e. The maximum absolute atomic E-state index is 15.6. The van der Waals surface area contributed by atoms with Gasteiger partial charge in [-0.05, 0) is 80.8 Å². The molecule has 17 nitrogen and oxygen atoms in total. The molecule has 74 heavy (non-hydrogen) atoms. The predicted molar refractivity (Wildman–Crippen MR) is 241 cm³/mol. The molecule has 3 heterocycles. The highest BCUT2D eigenvalue weighted by Gasteiger charge is 2.68. The summed E-state index contributed by atoms with van der Waals surface area (Å²) in [5.41, 5.74) is -6.21. The first-order valence-electron chi connectivity index (χ1n) is 21.5. The van der Waals surface area contributed by atoms with Gasteiger partial charge >= 0.3 is 20.2 Å². The Kier molecular flexibility index (Phi) is 15.4. The predicted octanol–water partition coefficient (Wildman–Crippen LogP) is 7.65. The van der Waals surface area contributed by atoms with Gasteiger partial charge < -0.3 is 15.1 Å². The summed E-state index contributed by atoms with van der Waals surface area (Å²) in [6.45, 7) is -2.48. The van der Waals surface area contributed by atoms with Crippen LogP contribution in [0, 0.1) is 29.4 Å². The number of nitrogens with one attached hydrogen (secondary N) is 1. The van der Waals surface area contributed by atoms with Gasteiger partial charge in [-0.15, -0.1) is 0 Å². The van der Waals surface area contributed by atoms with E-state index in [2.05, 4.69) is 36.9 Å². The summed E-state index contributed by atoms with van der Waals surface area (Å²) in [5.74, 6) is -6.27. The highest BCUT2D eigenvalue weighted by atomic mass is 35.5. The van der Waals surface area contributed by atoms with Crippen molar-refractivity contribution in [2.75, 3.05) is 12.9 Å². The number of pyridine rings is 1. The average Bonchev–Trinajstić information content (AvgIpc) is 3.77.